The second kappa shape index (κ2) is 15.6. The highest BCUT2D eigenvalue weighted by Crippen LogP contribution is 2.53. The molecule has 10 heteroatoms. The maximum Gasteiger partial charge on any atom is 0.272 e. The molecule has 2 unspecified atom stereocenters. The van der Waals surface area contributed by atoms with Gasteiger partial charge in [0.25, 0.3) is 5.91 Å². The van der Waals surface area contributed by atoms with Crippen LogP contribution in [0.15, 0.2) is 91.1 Å². The number of nitrogens with zero attached hydrogens (tertiary/aromatic N) is 3. The van der Waals surface area contributed by atoms with Crippen molar-refractivity contribution in [1.29, 1.82) is 0 Å². The standard InChI is InChI=1S/C46H48Cl3N5O2/c1-28-10-9-17-54-43(33-15-14-31(47)24-35(33)49)34-23-32(48)25-37-40(34)41(44(54)39(28)30-11-7-6-8-12-30)42(50-37)45(55)51-36-22-29(26-56-5)13-16-38(36)53-20-18-52(19-21-53)27-46(2,3)4/h6-9,11-17,22-25,28,43,50H,10,18-21,26-27H2,1-5H3,(H,51,55). The highest BCUT2D eigenvalue weighted by atomic mass is 35.5. The van der Waals surface area contributed by atoms with Crippen LogP contribution in [0.3, 0.4) is 0 Å². The molecule has 2 atom stereocenters. The number of fused-ring (bicyclic) bond motifs is 2. The Morgan fingerprint density at radius 3 is 2.39 bits per heavy atom. The number of amides is 1. The Morgan fingerprint density at radius 2 is 1.68 bits per heavy atom. The molecule has 56 heavy (non-hydrogen) atoms. The van der Waals surface area contributed by atoms with Crippen LogP contribution in [0.2, 0.25) is 15.1 Å². The molecule has 1 fully saturated rings. The van der Waals surface area contributed by atoms with Crippen molar-refractivity contribution in [2.45, 2.75) is 46.8 Å². The lowest BCUT2D eigenvalue weighted by molar-refractivity contribution is 0.102. The van der Waals surface area contributed by atoms with Gasteiger partial charge in [0, 0.05) is 77.6 Å². The normalized spacial score (nSPS) is 18.7. The summed E-state index contributed by atoms with van der Waals surface area (Å²) in [6.45, 7) is 14.2. The minimum Gasteiger partial charge on any atom is -0.380 e. The number of benzene rings is 4. The Bertz CT molecular complexity index is 2350. The van der Waals surface area contributed by atoms with Gasteiger partial charge in [-0.1, -0.05) is 111 Å². The van der Waals surface area contributed by atoms with Crippen LogP contribution in [-0.4, -0.2) is 60.5 Å². The number of H-pyrrole nitrogens is 1. The van der Waals surface area contributed by atoms with Crippen LogP contribution in [0.5, 0.6) is 0 Å². The van der Waals surface area contributed by atoms with Crippen molar-refractivity contribution < 1.29 is 9.53 Å². The molecule has 4 aromatic carbocycles. The lowest BCUT2D eigenvalue weighted by atomic mass is 9.82. The minimum absolute atomic E-state index is 0.138. The first-order valence-corrected chi connectivity index (χ1v) is 20.5. The third-order valence-corrected chi connectivity index (χ3v) is 11.8. The summed E-state index contributed by atoms with van der Waals surface area (Å²) in [6.07, 6.45) is 5.18. The first-order chi connectivity index (χ1) is 26.9. The van der Waals surface area contributed by atoms with Gasteiger partial charge in [-0.2, -0.15) is 0 Å². The summed E-state index contributed by atoms with van der Waals surface area (Å²) < 4.78 is 5.54. The minimum atomic E-state index is -0.343. The highest BCUT2D eigenvalue weighted by Gasteiger charge is 2.40. The summed E-state index contributed by atoms with van der Waals surface area (Å²) in [6, 6.07) is 26.0. The Kier molecular flexibility index (Phi) is 10.8. The first kappa shape index (κ1) is 38.6. The van der Waals surface area contributed by atoms with Gasteiger partial charge in [0.15, 0.2) is 0 Å². The monoisotopic (exact) mass is 807 g/mol. The van der Waals surface area contributed by atoms with Gasteiger partial charge in [-0.3, -0.25) is 9.69 Å². The number of methoxy groups -OCH3 is 1. The van der Waals surface area contributed by atoms with Crippen LogP contribution in [-0.2, 0) is 11.3 Å². The van der Waals surface area contributed by atoms with Gasteiger partial charge in [-0.25, -0.2) is 0 Å². The first-order valence-electron chi connectivity index (χ1n) is 19.4. The number of piperazine rings is 1. The number of carbonyl (C=O) groups is 1. The quantitative estimate of drug-likeness (QED) is 0.163. The van der Waals surface area contributed by atoms with Crippen molar-refractivity contribution in [3.8, 4) is 0 Å². The van der Waals surface area contributed by atoms with E-state index < -0.39 is 0 Å². The van der Waals surface area contributed by atoms with Crippen LogP contribution < -0.4 is 10.2 Å². The number of hydrogen-bond donors (Lipinski definition) is 2. The van der Waals surface area contributed by atoms with Gasteiger partial charge in [0.2, 0.25) is 0 Å². The number of rotatable bonds is 8. The summed E-state index contributed by atoms with van der Waals surface area (Å²) in [5, 5.41) is 6.02. The molecule has 0 radical (unpaired) electrons. The molecule has 7 nitrogen and oxygen atoms in total. The molecule has 0 bridgehead atoms. The fourth-order valence-electron chi connectivity index (χ4n) is 8.82. The number of anilines is 2. The molecule has 1 amide bonds. The van der Waals surface area contributed by atoms with E-state index in [2.05, 4.69) is 101 Å². The second-order valence-corrected chi connectivity index (χ2v) is 17.8. The second-order valence-electron chi connectivity index (χ2n) is 16.5. The highest BCUT2D eigenvalue weighted by molar-refractivity contribution is 6.35. The van der Waals surface area contributed by atoms with E-state index in [4.69, 9.17) is 39.5 Å². The zero-order chi connectivity index (χ0) is 39.3. The van der Waals surface area contributed by atoms with Crippen molar-refractivity contribution in [2.24, 2.45) is 11.3 Å². The fraction of sp³-hybridized carbons (Fsp3) is 0.326. The third-order valence-electron chi connectivity index (χ3n) is 11.1. The molecule has 1 saturated heterocycles. The van der Waals surface area contributed by atoms with Crippen LogP contribution in [0, 0.1) is 11.3 Å². The number of allylic oxidation sites excluding steroid dienone is 2. The van der Waals surface area contributed by atoms with E-state index in [-0.39, 0.29) is 23.3 Å². The zero-order valence-corrected chi connectivity index (χ0v) is 34.8. The van der Waals surface area contributed by atoms with Crippen molar-refractivity contribution in [3.05, 3.63) is 140 Å². The number of aromatic nitrogens is 1. The summed E-state index contributed by atoms with van der Waals surface area (Å²) in [4.78, 5) is 25.9. The van der Waals surface area contributed by atoms with E-state index >= 15 is 4.79 Å². The number of halogens is 3. The fourth-order valence-corrected chi connectivity index (χ4v) is 9.56. The van der Waals surface area contributed by atoms with Gasteiger partial charge < -0.3 is 24.8 Å². The molecule has 1 aromatic heterocycles. The lowest BCUT2D eigenvalue weighted by Gasteiger charge is -2.40. The molecule has 0 aliphatic carbocycles. The smallest absolute Gasteiger partial charge is 0.272 e. The van der Waals surface area contributed by atoms with Gasteiger partial charge in [0.1, 0.15) is 5.69 Å². The Labute approximate surface area is 344 Å². The maximum atomic E-state index is 15.1. The van der Waals surface area contributed by atoms with Crippen molar-refractivity contribution in [2.75, 3.05) is 50.1 Å². The molecule has 3 aliphatic heterocycles. The maximum absolute atomic E-state index is 15.1. The number of ether oxygens (including phenoxy) is 1. The Morgan fingerprint density at radius 1 is 0.911 bits per heavy atom. The average molecular weight is 809 g/mol. The topological polar surface area (TPSA) is 63.8 Å². The predicted molar refractivity (Wildman–Crippen MR) is 233 cm³/mol. The largest absolute Gasteiger partial charge is 0.380 e. The summed E-state index contributed by atoms with van der Waals surface area (Å²) in [7, 11) is 1.69. The third kappa shape index (κ3) is 7.48. The van der Waals surface area contributed by atoms with Crippen LogP contribution in [0.1, 0.15) is 78.5 Å². The van der Waals surface area contributed by atoms with Crippen molar-refractivity contribution >= 4 is 74.3 Å². The van der Waals surface area contributed by atoms with E-state index in [9.17, 15) is 0 Å². The lowest BCUT2D eigenvalue weighted by Crippen LogP contribution is -2.48. The molecule has 8 rings (SSSR count). The summed E-state index contributed by atoms with van der Waals surface area (Å²) >= 11 is 20.4. The summed E-state index contributed by atoms with van der Waals surface area (Å²) in [5.74, 6) is -0.0943. The molecule has 5 aromatic rings. The van der Waals surface area contributed by atoms with Crippen LogP contribution in [0.4, 0.5) is 11.4 Å². The van der Waals surface area contributed by atoms with Crippen LogP contribution in [0.25, 0.3) is 22.2 Å². The number of hydrogen-bond acceptors (Lipinski definition) is 5. The number of aromatic amines is 1. The molecule has 2 N–H and O–H groups in total. The van der Waals surface area contributed by atoms with E-state index in [0.29, 0.717) is 27.4 Å². The molecule has 3 aliphatic rings. The van der Waals surface area contributed by atoms with E-state index in [1.807, 2.05) is 36.4 Å². The van der Waals surface area contributed by atoms with Crippen LogP contribution >= 0.6 is 34.8 Å². The number of carbonyl (C=O) groups excluding carboxylic acids is 1. The molecule has 4 heterocycles. The Balaban J connectivity index is 1.30. The average Bonchev–Trinajstić information content (AvgIpc) is 3.44. The predicted octanol–water partition coefficient (Wildman–Crippen LogP) is 11.5. The van der Waals surface area contributed by atoms with Gasteiger partial charge in [0.05, 0.1) is 29.7 Å². The van der Waals surface area contributed by atoms with E-state index in [0.717, 1.165) is 101 Å². The Hall–Kier alpha value is -4.24. The SMILES string of the molecule is COCc1ccc(N2CCN(CC(C)(C)C)CC2)c(NC(=O)c2[nH]c3cc(Cl)cc4c3c2C2=C(c3ccccc3)C(C)CC=CN2C4c2ccc(Cl)cc2Cl)c1. The molecule has 0 spiro atoms. The zero-order valence-electron chi connectivity index (χ0n) is 32.6. The van der Waals surface area contributed by atoms with Crippen molar-refractivity contribution in [3.63, 3.8) is 0 Å². The molecular formula is C46H48Cl3N5O2. The summed E-state index contributed by atoms with van der Waals surface area (Å²) in [5.41, 5.74) is 10.1. The van der Waals surface area contributed by atoms with Gasteiger partial charge >= 0.3 is 0 Å². The van der Waals surface area contributed by atoms with E-state index in [1.165, 1.54) is 0 Å². The molecule has 290 valence electrons. The van der Waals surface area contributed by atoms with Gasteiger partial charge in [-0.05, 0) is 82.0 Å². The van der Waals surface area contributed by atoms with Crippen molar-refractivity contribution in [1.82, 2.24) is 14.8 Å². The number of nitrogens with one attached hydrogen (secondary N) is 2. The van der Waals surface area contributed by atoms with Gasteiger partial charge in [-0.15, -0.1) is 0 Å². The molecule has 0 saturated carbocycles. The molecular weight excluding hydrogens is 761 g/mol. The van der Waals surface area contributed by atoms with E-state index in [1.54, 1.807) is 13.2 Å².